The maximum absolute atomic E-state index is 13.1. The highest BCUT2D eigenvalue weighted by Crippen LogP contribution is 2.33. The molecule has 0 spiro atoms. The van der Waals surface area contributed by atoms with Crippen molar-refractivity contribution >= 4 is 33.2 Å². The van der Waals surface area contributed by atoms with Gasteiger partial charge in [-0.25, -0.2) is 4.39 Å². The lowest BCUT2D eigenvalue weighted by atomic mass is 9.93. The minimum Gasteiger partial charge on any atom is -0.363 e. The van der Waals surface area contributed by atoms with Crippen LogP contribution in [0.3, 0.4) is 0 Å². The van der Waals surface area contributed by atoms with E-state index < -0.39 is 11.4 Å². The normalized spacial score (nSPS) is 13.3. The standard InChI is InChI=1S/C15H11BrClFN2/c1-15(9-19,11-7-6-10(18)8-13(11)17)20-14-5-3-2-4-12(14)16/h2-8,20H,1H3. The quantitative estimate of drug-likeness (QED) is 0.834. The van der Waals surface area contributed by atoms with E-state index in [-0.39, 0.29) is 5.02 Å². The van der Waals surface area contributed by atoms with Crippen molar-refractivity contribution in [1.29, 1.82) is 5.26 Å². The zero-order chi connectivity index (χ0) is 14.8. The molecular weight excluding hydrogens is 343 g/mol. The van der Waals surface area contributed by atoms with Crippen LogP contribution in [0.4, 0.5) is 10.1 Å². The molecule has 2 nitrogen and oxygen atoms in total. The van der Waals surface area contributed by atoms with Crippen LogP contribution in [0.5, 0.6) is 0 Å². The first kappa shape index (κ1) is 14.8. The summed E-state index contributed by atoms with van der Waals surface area (Å²) in [5, 5.41) is 12.9. The van der Waals surface area contributed by atoms with Gasteiger partial charge in [-0.1, -0.05) is 29.8 Å². The molecule has 0 fully saturated rings. The molecular formula is C15H11BrClFN2. The molecule has 0 saturated heterocycles. The summed E-state index contributed by atoms with van der Waals surface area (Å²) < 4.78 is 14.0. The van der Waals surface area contributed by atoms with Gasteiger partial charge < -0.3 is 5.32 Å². The van der Waals surface area contributed by atoms with Gasteiger partial charge in [0.05, 0.1) is 11.1 Å². The fourth-order valence-corrected chi connectivity index (χ4v) is 2.62. The average molecular weight is 354 g/mol. The number of nitriles is 1. The van der Waals surface area contributed by atoms with E-state index in [9.17, 15) is 9.65 Å². The van der Waals surface area contributed by atoms with Crippen molar-refractivity contribution in [2.75, 3.05) is 5.32 Å². The van der Waals surface area contributed by atoms with Gasteiger partial charge in [0.15, 0.2) is 0 Å². The lowest BCUT2D eigenvalue weighted by Crippen LogP contribution is -2.30. The van der Waals surface area contributed by atoms with Crippen LogP contribution in [0.2, 0.25) is 5.02 Å². The van der Waals surface area contributed by atoms with Crippen molar-refractivity contribution in [2.45, 2.75) is 12.5 Å². The summed E-state index contributed by atoms with van der Waals surface area (Å²) in [6, 6.07) is 13.7. The number of hydrogen-bond donors (Lipinski definition) is 1. The highest BCUT2D eigenvalue weighted by molar-refractivity contribution is 9.10. The van der Waals surface area contributed by atoms with Crippen LogP contribution in [0, 0.1) is 17.1 Å². The molecule has 0 amide bonds. The first-order valence-electron chi connectivity index (χ1n) is 5.86. The summed E-state index contributed by atoms with van der Waals surface area (Å²) in [6.07, 6.45) is 0. The van der Waals surface area contributed by atoms with Crippen LogP contribution in [0.25, 0.3) is 0 Å². The van der Waals surface area contributed by atoms with E-state index in [0.29, 0.717) is 5.56 Å². The zero-order valence-corrected chi connectivity index (χ0v) is 13.0. The van der Waals surface area contributed by atoms with E-state index in [2.05, 4.69) is 27.3 Å². The molecule has 5 heteroatoms. The van der Waals surface area contributed by atoms with E-state index in [1.807, 2.05) is 24.3 Å². The Kier molecular flexibility index (Phi) is 4.32. The Hall–Kier alpha value is -1.57. The molecule has 2 aromatic carbocycles. The summed E-state index contributed by atoms with van der Waals surface area (Å²) in [5.74, 6) is -0.431. The Labute approximate surface area is 130 Å². The fourth-order valence-electron chi connectivity index (χ4n) is 1.88. The van der Waals surface area contributed by atoms with Crippen molar-refractivity contribution in [3.63, 3.8) is 0 Å². The van der Waals surface area contributed by atoms with Crippen LogP contribution in [-0.2, 0) is 5.54 Å². The largest absolute Gasteiger partial charge is 0.363 e. The molecule has 2 aromatic rings. The SMILES string of the molecule is CC(C#N)(Nc1ccccc1Br)c1ccc(F)cc1Cl. The van der Waals surface area contributed by atoms with Crippen molar-refractivity contribution < 1.29 is 4.39 Å². The topological polar surface area (TPSA) is 35.8 Å². The number of halogens is 3. The Morgan fingerprint density at radius 1 is 1.30 bits per heavy atom. The molecule has 102 valence electrons. The van der Waals surface area contributed by atoms with Gasteiger partial charge in [-0.2, -0.15) is 5.26 Å². The van der Waals surface area contributed by atoms with E-state index in [1.165, 1.54) is 18.2 Å². The molecule has 1 N–H and O–H groups in total. The van der Waals surface area contributed by atoms with Gasteiger partial charge >= 0.3 is 0 Å². The molecule has 0 aliphatic heterocycles. The van der Waals surface area contributed by atoms with E-state index in [0.717, 1.165) is 10.2 Å². The molecule has 1 unspecified atom stereocenters. The van der Waals surface area contributed by atoms with E-state index in [1.54, 1.807) is 6.92 Å². The molecule has 0 aromatic heterocycles. The Bertz CT molecular complexity index is 684. The molecule has 0 aliphatic rings. The van der Waals surface area contributed by atoms with Crippen molar-refractivity contribution in [3.8, 4) is 6.07 Å². The van der Waals surface area contributed by atoms with Gasteiger partial charge in [-0.3, -0.25) is 0 Å². The molecule has 0 radical (unpaired) electrons. The summed E-state index contributed by atoms with van der Waals surface area (Å²) in [6.45, 7) is 1.70. The molecule has 0 heterocycles. The molecule has 2 rings (SSSR count). The molecule has 0 aliphatic carbocycles. The third-order valence-corrected chi connectivity index (χ3v) is 3.96. The van der Waals surface area contributed by atoms with Gasteiger partial charge in [0.25, 0.3) is 0 Å². The first-order chi connectivity index (χ1) is 9.46. The number of rotatable bonds is 3. The second kappa shape index (κ2) is 5.82. The summed E-state index contributed by atoms with van der Waals surface area (Å²) >= 11 is 9.47. The van der Waals surface area contributed by atoms with Crippen LogP contribution in [0.15, 0.2) is 46.9 Å². The number of nitrogens with one attached hydrogen (secondary N) is 1. The Morgan fingerprint density at radius 3 is 2.60 bits per heavy atom. The van der Waals surface area contributed by atoms with Crippen molar-refractivity contribution in [3.05, 3.63) is 63.3 Å². The maximum atomic E-state index is 13.1. The number of hydrogen-bond acceptors (Lipinski definition) is 2. The Morgan fingerprint density at radius 2 is 2.00 bits per heavy atom. The van der Waals surface area contributed by atoms with Gasteiger partial charge in [0, 0.05) is 15.7 Å². The predicted molar refractivity (Wildman–Crippen MR) is 82.1 cm³/mol. The van der Waals surface area contributed by atoms with E-state index >= 15 is 0 Å². The van der Waals surface area contributed by atoms with E-state index in [4.69, 9.17) is 11.6 Å². The monoisotopic (exact) mass is 352 g/mol. The summed E-state index contributed by atoms with van der Waals surface area (Å²) in [5.41, 5.74) is 0.227. The van der Waals surface area contributed by atoms with Crippen LogP contribution >= 0.6 is 27.5 Å². The second-order valence-corrected chi connectivity index (χ2v) is 5.73. The highest BCUT2D eigenvalue weighted by atomic mass is 79.9. The lowest BCUT2D eigenvalue weighted by Gasteiger charge is -2.26. The average Bonchev–Trinajstić information content (AvgIpc) is 2.41. The molecule has 1 atom stereocenters. The van der Waals surface area contributed by atoms with Crippen LogP contribution < -0.4 is 5.32 Å². The minimum absolute atomic E-state index is 0.216. The number of benzene rings is 2. The predicted octanol–water partition coefficient (Wildman–Crippen LogP) is 5.09. The number of nitrogens with zero attached hydrogens (tertiary/aromatic N) is 1. The Balaban J connectivity index is 2.44. The fraction of sp³-hybridized carbons (Fsp3) is 0.133. The number of para-hydroxylation sites is 1. The minimum atomic E-state index is -1.06. The summed E-state index contributed by atoms with van der Waals surface area (Å²) in [4.78, 5) is 0. The van der Waals surface area contributed by atoms with Crippen molar-refractivity contribution in [2.24, 2.45) is 0 Å². The van der Waals surface area contributed by atoms with Crippen molar-refractivity contribution in [1.82, 2.24) is 0 Å². The second-order valence-electron chi connectivity index (χ2n) is 4.47. The van der Waals surface area contributed by atoms with Gasteiger partial charge in [0.2, 0.25) is 0 Å². The third kappa shape index (κ3) is 2.95. The molecule has 0 saturated carbocycles. The maximum Gasteiger partial charge on any atom is 0.149 e. The molecule has 0 bridgehead atoms. The molecule has 20 heavy (non-hydrogen) atoms. The van der Waals surface area contributed by atoms with Crippen LogP contribution in [0.1, 0.15) is 12.5 Å². The zero-order valence-electron chi connectivity index (χ0n) is 10.6. The third-order valence-electron chi connectivity index (χ3n) is 2.95. The number of anilines is 1. The van der Waals surface area contributed by atoms with Gasteiger partial charge in [-0.05, 0) is 47.1 Å². The first-order valence-corrected chi connectivity index (χ1v) is 7.03. The van der Waals surface area contributed by atoms with Gasteiger partial charge in [0.1, 0.15) is 11.4 Å². The van der Waals surface area contributed by atoms with Gasteiger partial charge in [-0.15, -0.1) is 0 Å². The summed E-state index contributed by atoms with van der Waals surface area (Å²) in [7, 11) is 0. The smallest absolute Gasteiger partial charge is 0.149 e. The van der Waals surface area contributed by atoms with Crippen LogP contribution in [-0.4, -0.2) is 0 Å². The highest BCUT2D eigenvalue weighted by Gasteiger charge is 2.29. The lowest BCUT2D eigenvalue weighted by molar-refractivity contribution is 0.623.